The number of benzene rings is 2. The van der Waals surface area contributed by atoms with Gasteiger partial charge in [-0.25, -0.2) is 0 Å². The van der Waals surface area contributed by atoms with Gasteiger partial charge in [0.25, 0.3) is 0 Å². The Kier molecular flexibility index (Phi) is 8.01. The van der Waals surface area contributed by atoms with Crippen LogP contribution in [-0.4, -0.2) is 42.7 Å². The van der Waals surface area contributed by atoms with E-state index in [4.69, 9.17) is 39.9 Å². The average Bonchev–Trinajstić information content (AvgIpc) is 2.66. The highest BCUT2D eigenvalue weighted by Crippen LogP contribution is 2.39. The lowest BCUT2D eigenvalue weighted by Crippen LogP contribution is -1.96. The second-order valence-corrected chi connectivity index (χ2v) is 4.92. The molecule has 0 spiro atoms. The summed E-state index contributed by atoms with van der Waals surface area (Å²) in [5, 5.41) is 0. The van der Waals surface area contributed by atoms with Gasteiger partial charge in [-0.15, -0.1) is 0 Å². The lowest BCUT2D eigenvalue weighted by Gasteiger charge is -2.12. The molecular weight excluding hydrogens is 340 g/mol. The summed E-state index contributed by atoms with van der Waals surface area (Å²) in [6.45, 7) is 0. The van der Waals surface area contributed by atoms with Crippen LogP contribution in [0, 0.1) is 0 Å². The molecular formula is C18H26N2O6. The van der Waals surface area contributed by atoms with E-state index in [1.165, 1.54) is 0 Å². The van der Waals surface area contributed by atoms with E-state index in [1.54, 1.807) is 66.9 Å². The molecule has 0 amide bonds. The second kappa shape index (κ2) is 9.97. The van der Waals surface area contributed by atoms with Crippen molar-refractivity contribution in [2.45, 2.75) is 0 Å². The molecule has 0 aliphatic rings. The zero-order valence-corrected chi connectivity index (χ0v) is 15.9. The molecule has 8 heteroatoms. The summed E-state index contributed by atoms with van der Waals surface area (Å²) in [6.07, 6.45) is 0. The van der Waals surface area contributed by atoms with Crippen LogP contribution in [0.3, 0.4) is 0 Å². The van der Waals surface area contributed by atoms with Crippen LogP contribution in [-0.2, 0) is 0 Å². The van der Waals surface area contributed by atoms with Crippen LogP contribution in [0.2, 0.25) is 0 Å². The summed E-state index contributed by atoms with van der Waals surface area (Å²) >= 11 is 0. The first-order valence-electron chi connectivity index (χ1n) is 7.56. The van der Waals surface area contributed by atoms with E-state index >= 15 is 0 Å². The van der Waals surface area contributed by atoms with Gasteiger partial charge < -0.3 is 39.9 Å². The maximum absolute atomic E-state index is 5.62. The number of nitrogen functional groups attached to an aromatic ring is 2. The number of nitrogens with two attached hydrogens (primary N) is 2. The van der Waals surface area contributed by atoms with Crippen molar-refractivity contribution in [3.05, 3.63) is 24.3 Å². The summed E-state index contributed by atoms with van der Waals surface area (Å²) in [5.41, 5.74) is 12.4. The van der Waals surface area contributed by atoms with Crippen molar-refractivity contribution in [3.63, 3.8) is 0 Å². The fourth-order valence-corrected chi connectivity index (χ4v) is 2.20. The summed E-state index contributed by atoms with van der Waals surface area (Å²) in [5.74, 6) is 3.39. The predicted octanol–water partition coefficient (Wildman–Crippen LogP) is 2.59. The number of methoxy groups -OCH3 is 6. The minimum atomic E-state index is 0.555. The van der Waals surface area contributed by atoms with E-state index in [9.17, 15) is 0 Å². The number of hydrogen-bond donors (Lipinski definition) is 2. The van der Waals surface area contributed by atoms with Crippen molar-refractivity contribution >= 4 is 11.4 Å². The third-order valence-electron chi connectivity index (χ3n) is 3.37. The highest BCUT2D eigenvalue weighted by molar-refractivity contribution is 5.61. The van der Waals surface area contributed by atoms with Gasteiger partial charge in [-0.1, -0.05) is 0 Å². The van der Waals surface area contributed by atoms with E-state index in [0.29, 0.717) is 45.9 Å². The van der Waals surface area contributed by atoms with Gasteiger partial charge in [0.05, 0.1) is 42.7 Å². The van der Waals surface area contributed by atoms with E-state index in [0.717, 1.165) is 0 Å². The lowest BCUT2D eigenvalue weighted by molar-refractivity contribution is 0.324. The van der Waals surface area contributed by atoms with E-state index in [-0.39, 0.29) is 0 Å². The third kappa shape index (κ3) is 4.92. The Balaban J connectivity index is 0.000000260. The SMILES string of the molecule is COc1cc(N)cc(OC)c1OC.COc1cc(N)cc(OC)c1OC. The molecule has 4 N–H and O–H groups in total. The van der Waals surface area contributed by atoms with Crippen LogP contribution in [0.1, 0.15) is 0 Å². The summed E-state index contributed by atoms with van der Waals surface area (Å²) < 4.78 is 30.5. The van der Waals surface area contributed by atoms with Crippen LogP contribution in [0.15, 0.2) is 24.3 Å². The zero-order chi connectivity index (χ0) is 19.7. The standard InChI is InChI=1S/2C9H13NO3/c2*1-11-7-4-6(10)5-8(12-2)9(7)13-3/h2*4-5H,10H2,1-3H3. The second-order valence-electron chi connectivity index (χ2n) is 4.92. The Morgan fingerprint density at radius 2 is 0.692 bits per heavy atom. The summed E-state index contributed by atoms with van der Waals surface area (Å²) in [6, 6.07) is 6.73. The van der Waals surface area contributed by atoms with Gasteiger partial charge in [0.15, 0.2) is 23.0 Å². The highest BCUT2D eigenvalue weighted by Gasteiger charge is 2.12. The molecule has 0 saturated heterocycles. The smallest absolute Gasteiger partial charge is 0.203 e. The normalized spacial score (nSPS) is 9.46. The Hall–Kier alpha value is -3.16. The number of hydrogen-bond acceptors (Lipinski definition) is 8. The highest BCUT2D eigenvalue weighted by atomic mass is 16.5. The molecule has 2 rings (SSSR count). The first kappa shape index (κ1) is 20.9. The molecule has 0 heterocycles. The van der Waals surface area contributed by atoms with Crippen molar-refractivity contribution in [3.8, 4) is 34.5 Å². The minimum absolute atomic E-state index is 0.555. The first-order valence-corrected chi connectivity index (χ1v) is 7.56. The predicted molar refractivity (Wildman–Crippen MR) is 101 cm³/mol. The monoisotopic (exact) mass is 366 g/mol. The molecule has 26 heavy (non-hydrogen) atoms. The maximum Gasteiger partial charge on any atom is 0.203 e. The van der Waals surface area contributed by atoms with E-state index < -0.39 is 0 Å². The average molecular weight is 366 g/mol. The van der Waals surface area contributed by atoms with Gasteiger partial charge in [0, 0.05) is 35.6 Å². The third-order valence-corrected chi connectivity index (χ3v) is 3.37. The van der Waals surface area contributed by atoms with E-state index in [1.807, 2.05) is 0 Å². The van der Waals surface area contributed by atoms with Crippen LogP contribution < -0.4 is 39.9 Å². The molecule has 0 radical (unpaired) electrons. The molecule has 0 aliphatic carbocycles. The van der Waals surface area contributed by atoms with Gasteiger partial charge in [0.2, 0.25) is 11.5 Å². The quantitative estimate of drug-likeness (QED) is 0.751. The minimum Gasteiger partial charge on any atom is -0.493 e. The lowest BCUT2D eigenvalue weighted by atomic mass is 10.2. The summed E-state index contributed by atoms with van der Waals surface area (Å²) in [4.78, 5) is 0. The number of anilines is 2. The molecule has 0 aliphatic heterocycles. The number of rotatable bonds is 6. The fraction of sp³-hybridized carbons (Fsp3) is 0.333. The Morgan fingerprint density at radius 1 is 0.462 bits per heavy atom. The molecule has 0 fully saturated rings. The molecule has 2 aromatic rings. The molecule has 0 bridgehead atoms. The number of ether oxygens (including phenoxy) is 6. The van der Waals surface area contributed by atoms with Crippen molar-refractivity contribution in [2.75, 3.05) is 54.1 Å². The Labute approximate surface area is 153 Å². The molecule has 0 aromatic heterocycles. The molecule has 2 aromatic carbocycles. The Morgan fingerprint density at radius 3 is 0.846 bits per heavy atom. The molecule has 8 nitrogen and oxygen atoms in total. The van der Waals surface area contributed by atoms with Crippen LogP contribution in [0.4, 0.5) is 11.4 Å². The zero-order valence-electron chi connectivity index (χ0n) is 15.9. The van der Waals surface area contributed by atoms with Gasteiger partial charge in [-0.2, -0.15) is 0 Å². The van der Waals surface area contributed by atoms with Crippen LogP contribution in [0.5, 0.6) is 34.5 Å². The Bertz CT molecular complexity index is 609. The first-order chi connectivity index (χ1) is 12.4. The van der Waals surface area contributed by atoms with Crippen molar-refractivity contribution < 1.29 is 28.4 Å². The summed E-state index contributed by atoms with van der Waals surface area (Å²) in [7, 11) is 9.31. The maximum atomic E-state index is 5.62. The van der Waals surface area contributed by atoms with Crippen LogP contribution in [0.25, 0.3) is 0 Å². The topological polar surface area (TPSA) is 107 Å². The largest absolute Gasteiger partial charge is 0.493 e. The van der Waals surface area contributed by atoms with Crippen molar-refractivity contribution in [2.24, 2.45) is 0 Å². The fourth-order valence-electron chi connectivity index (χ4n) is 2.20. The van der Waals surface area contributed by atoms with E-state index in [2.05, 4.69) is 0 Å². The molecule has 144 valence electrons. The van der Waals surface area contributed by atoms with Gasteiger partial charge in [-0.05, 0) is 0 Å². The van der Waals surface area contributed by atoms with Crippen LogP contribution >= 0.6 is 0 Å². The molecule has 0 unspecified atom stereocenters. The molecule has 0 saturated carbocycles. The van der Waals surface area contributed by atoms with Crippen molar-refractivity contribution in [1.82, 2.24) is 0 Å². The van der Waals surface area contributed by atoms with Gasteiger partial charge in [0.1, 0.15) is 0 Å². The van der Waals surface area contributed by atoms with Gasteiger partial charge in [-0.3, -0.25) is 0 Å². The molecule has 0 atom stereocenters. The van der Waals surface area contributed by atoms with Crippen molar-refractivity contribution in [1.29, 1.82) is 0 Å². The van der Waals surface area contributed by atoms with Gasteiger partial charge >= 0.3 is 0 Å².